The van der Waals surface area contributed by atoms with Gasteiger partial charge in [-0.3, -0.25) is 0 Å². The number of morpholine rings is 1. The van der Waals surface area contributed by atoms with E-state index in [0.29, 0.717) is 37.0 Å². The van der Waals surface area contributed by atoms with Crippen molar-refractivity contribution in [2.75, 3.05) is 55.9 Å². The van der Waals surface area contributed by atoms with Crippen molar-refractivity contribution < 1.29 is 19.3 Å². The number of pyridine rings is 1. The van der Waals surface area contributed by atoms with Crippen LogP contribution in [-0.2, 0) is 16.1 Å². The molecule has 0 aromatic carbocycles. The molecule has 2 atom stereocenters. The summed E-state index contributed by atoms with van der Waals surface area (Å²) < 4.78 is 17.6. The fourth-order valence-corrected chi connectivity index (χ4v) is 6.47. The van der Waals surface area contributed by atoms with Crippen molar-refractivity contribution in [2.45, 2.75) is 54.9 Å². The first kappa shape index (κ1) is 22.3. The Balaban J connectivity index is 1.19. The molecule has 6 heterocycles. The summed E-state index contributed by atoms with van der Waals surface area (Å²) >= 11 is 1.50. The van der Waals surface area contributed by atoms with E-state index < -0.39 is 0 Å². The molecule has 0 bridgehead atoms. The second kappa shape index (κ2) is 9.14. The quantitative estimate of drug-likeness (QED) is 0.696. The average Bonchev–Trinajstić information content (AvgIpc) is 3.24. The van der Waals surface area contributed by atoms with Crippen LogP contribution in [0.25, 0.3) is 0 Å². The van der Waals surface area contributed by atoms with Gasteiger partial charge in [0.15, 0.2) is 17.4 Å². The summed E-state index contributed by atoms with van der Waals surface area (Å²) in [7, 11) is 0. The van der Waals surface area contributed by atoms with Gasteiger partial charge in [0.1, 0.15) is 17.3 Å². The van der Waals surface area contributed by atoms with Crippen molar-refractivity contribution in [3.63, 3.8) is 0 Å². The van der Waals surface area contributed by atoms with E-state index in [1.807, 2.05) is 12.3 Å². The Morgan fingerprint density at radius 1 is 1.18 bits per heavy atom. The highest BCUT2D eigenvalue weighted by Gasteiger charge is 2.41. The number of hydrogen-bond acceptors (Lipinski definition) is 10. The summed E-state index contributed by atoms with van der Waals surface area (Å²) in [6.45, 7) is 7.47. The molecular weight excluding hydrogens is 454 g/mol. The van der Waals surface area contributed by atoms with E-state index in [0.717, 1.165) is 72.8 Å². The van der Waals surface area contributed by atoms with Crippen LogP contribution in [0.2, 0.25) is 0 Å². The maximum atomic E-state index is 10.1. The Bertz CT molecular complexity index is 1050. The van der Waals surface area contributed by atoms with Gasteiger partial charge in [-0.25, -0.2) is 15.0 Å². The van der Waals surface area contributed by atoms with Gasteiger partial charge >= 0.3 is 0 Å². The normalized spacial score (nSPS) is 25.7. The molecule has 2 aromatic rings. The van der Waals surface area contributed by atoms with E-state index in [2.05, 4.69) is 21.7 Å². The topological polar surface area (TPSA) is 93.1 Å². The lowest BCUT2D eigenvalue weighted by Crippen LogP contribution is -2.51. The van der Waals surface area contributed by atoms with Gasteiger partial charge in [-0.1, -0.05) is 11.8 Å². The molecule has 1 N–H and O–H groups in total. The van der Waals surface area contributed by atoms with Crippen molar-refractivity contribution in [1.29, 1.82) is 0 Å². The Labute approximate surface area is 203 Å². The van der Waals surface area contributed by atoms with Crippen molar-refractivity contribution >= 4 is 23.4 Å². The number of ether oxygens (including phenoxy) is 3. The highest BCUT2D eigenvalue weighted by Crippen LogP contribution is 2.44. The molecule has 3 saturated heterocycles. The van der Waals surface area contributed by atoms with Gasteiger partial charge < -0.3 is 29.1 Å². The van der Waals surface area contributed by atoms with Gasteiger partial charge in [0.2, 0.25) is 0 Å². The van der Waals surface area contributed by atoms with Gasteiger partial charge in [0.05, 0.1) is 49.7 Å². The van der Waals surface area contributed by atoms with Crippen LogP contribution in [0.5, 0.6) is 5.75 Å². The molecular formula is C24H31N5O4S. The lowest BCUT2D eigenvalue weighted by Gasteiger charge is -2.40. The van der Waals surface area contributed by atoms with Gasteiger partial charge in [0.25, 0.3) is 0 Å². The predicted molar refractivity (Wildman–Crippen MR) is 128 cm³/mol. The molecule has 9 nitrogen and oxygen atoms in total. The van der Waals surface area contributed by atoms with E-state index in [-0.39, 0.29) is 12.6 Å². The van der Waals surface area contributed by atoms with Crippen LogP contribution in [0.15, 0.2) is 28.4 Å². The fraction of sp³-hybridized carbons (Fsp3) is 0.625. The van der Waals surface area contributed by atoms with Gasteiger partial charge in [-0.15, -0.1) is 0 Å². The molecule has 3 fully saturated rings. The molecule has 182 valence electrons. The van der Waals surface area contributed by atoms with Crippen molar-refractivity contribution in [2.24, 2.45) is 5.41 Å². The van der Waals surface area contributed by atoms with Crippen LogP contribution < -0.4 is 14.5 Å². The maximum absolute atomic E-state index is 10.1. The minimum atomic E-state index is -0.140. The summed E-state index contributed by atoms with van der Waals surface area (Å²) in [6, 6.07) is 2.16. The second-order valence-corrected chi connectivity index (χ2v) is 10.8. The first-order valence-electron chi connectivity index (χ1n) is 12.1. The Kier molecular flexibility index (Phi) is 6.00. The average molecular weight is 486 g/mol. The summed E-state index contributed by atoms with van der Waals surface area (Å²) in [6.07, 6.45) is 7.28. The smallest absolute Gasteiger partial charge is 0.175 e. The Morgan fingerprint density at radius 2 is 2.06 bits per heavy atom. The molecule has 0 unspecified atom stereocenters. The number of anilines is 2. The maximum Gasteiger partial charge on any atom is 0.175 e. The van der Waals surface area contributed by atoms with Crippen LogP contribution in [0, 0.1) is 5.41 Å². The molecule has 34 heavy (non-hydrogen) atoms. The zero-order valence-corrected chi connectivity index (χ0v) is 20.3. The number of piperidine rings is 1. The lowest BCUT2D eigenvalue weighted by molar-refractivity contribution is 0.0689. The zero-order valence-electron chi connectivity index (χ0n) is 19.5. The number of fused-ring (bicyclic) bond motifs is 3. The largest absolute Gasteiger partial charge is 0.486 e. The van der Waals surface area contributed by atoms with Crippen LogP contribution >= 0.6 is 11.8 Å². The molecule has 0 saturated carbocycles. The van der Waals surface area contributed by atoms with E-state index in [4.69, 9.17) is 24.2 Å². The van der Waals surface area contributed by atoms with Crippen LogP contribution in [0.3, 0.4) is 0 Å². The predicted octanol–water partition coefficient (Wildman–Crippen LogP) is 2.51. The fourth-order valence-electron chi connectivity index (χ4n) is 5.61. The van der Waals surface area contributed by atoms with Crippen LogP contribution in [0.1, 0.15) is 31.9 Å². The Morgan fingerprint density at radius 3 is 2.85 bits per heavy atom. The SMILES string of the molecule is C[C@H]1CC2(CCN(c3ncc(Sc4ccnc5c4OC[C@H]4COCCN54)nc3CO)CC2)CO1. The van der Waals surface area contributed by atoms with Crippen molar-refractivity contribution in [3.8, 4) is 5.75 Å². The molecule has 0 aliphatic carbocycles. The third-order valence-corrected chi connectivity index (χ3v) is 8.40. The van der Waals surface area contributed by atoms with Crippen molar-refractivity contribution in [3.05, 3.63) is 24.2 Å². The van der Waals surface area contributed by atoms with Gasteiger partial charge in [0, 0.05) is 25.8 Å². The van der Waals surface area contributed by atoms with Crippen molar-refractivity contribution in [1.82, 2.24) is 15.0 Å². The minimum absolute atomic E-state index is 0.140. The third kappa shape index (κ3) is 4.10. The first-order valence-corrected chi connectivity index (χ1v) is 12.9. The molecule has 0 amide bonds. The van der Waals surface area contributed by atoms with Gasteiger partial charge in [-0.05, 0) is 37.7 Å². The standard InChI is InChI=1S/C24H31N5O4S/c1-16-10-24(15-33-16)3-6-28(7-4-24)22-18(12-30)27-20(11-26-22)34-19-2-5-25-23-21(19)32-14-17-13-31-9-8-29(17)23/h2,5,11,16-17,30H,3-4,6-10,12-15H2,1H3/t16-,17+/m0/s1. The molecule has 2 aromatic heterocycles. The summed E-state index contributed by atoms with van der Waals surface area (Å²) in [5, 5.41) is 10.8. The van der Waals surface area contributed by atoms with E-state index in [9.17, 15) is 5.11 Å². The number of aromatic nitrogens is 3. The molecule has 4 aliphatic heterocycles. The number of aliphatic hydroxyl groups excluding tert-OH is 1. The highest BCUT2D eigenvalue weighted by atomic mass is 32.2. The monoisotopic (exact) mass is 485 g/mol. The summed E-state index contributed by atoms with van der Waals surface area (Å²) in [5.41, 5.74) is 0.924. The number of aliphatic hydroxyl groups is 1. The minimum Gasteiger partial charge on any atom is -0.486 e. The number of hydrogen-bond donors (Lipinski definition) is 1. The zero-order chi connectivity index (χ0) is 23.1. The van der Waals surface area contributed by atoms with E-state index >= 15 is 0 Å². The van der Waals surface area contributed by atoms with E-state index in [1.54, 1.807) is 6.20 Å². The molecule has 10 heteroatoms. The summed E-state index contributed by atoms with van der Waals surface area (Å²) in [5.74, 6) is 2.44. The van der Waals surface area contributed by atoms with Crippen LogP contribution in [0.4, 0.5) is 11.6 Å². The highest BCUT2D eigenvalue weighted by molar-refractivity contribution is 7.99. The summed E-state index contributed by atoms with van der Waals surface area (Å²) in [4.78, 5) is 19.6. The molecule has 1 spiro atoms. The molecule has 6 rings (SSSR count). The first-order chi connectivity index (χ1) is 16.6. The Hall–Kier alpha value is -2.14. The lowest BCUT2D eigenvalue weighted by atomic mass is 9.77. The molecule has 0 radical (unpaired) electrons. The van der Waals surface area contributed by atoms with E-state index in [1.165, 1.54) is 11.8 Å². The second-order valence-electron chi connectivity index (χ2n) is 9.75. The van der Waals surface area contributed by atoms with Crippen LogP contribution in [-0.4, -0.2) is 78.3 Å². The number of rotatable bonds is 4. The number of nitrogens with zero attached hydrogens (tertiary/aromatic N) is 5. The molecule has 4 aliphatic rings. The van der Waals surface area contributed by atoms with Gasteiger partial charge in [-0.2, -0.15) is 0 Å². The third-order valence-electron chi connectivity index (χ3n) is 7.45.